The van der Waals surface area contributed by atoms with E-state index in [0.29, 0.717) is 6.42 Å². The van der Waals surface area contributed by atoms with Gasteiger partial charge >= 0.3 is 0 Å². The molecule has 0 aliphatic carbocycles. The SMILES string of the molecule is Cc1ccc(S(=O)(=O)N2C(=O)C[C@H](c3ccccc3)C[C@H]2c2ccccc2)cc1. The fourth-order valence-corrected chi connectivity index (χ4v) is 5.57. The number of nitrogens with zero attached hydrogens (tertiary/aromatic N) is 1. The Hall–Kier alpha value is -2.92. The molecule has 1 amide bonds. The highest BCUT2D eigenvalue weighted by molar-refractivity contribution is 7.89. The highest BCUT2D eigenvalue weighted by Crippen LogP contribution is 2.42. The molecule has 148 valence electrons. The molecule has 3 aromatic carbocycles. The monoisotopic (exact) mass is 405 g/mol. The van der Waals surface area contributed by atoms with Crippen LogP contribution in [0.5, 0.6) is 0 Å². The number of carbonyl (C=O) groups excluding carboxylic acids is 1. The highest BCUT2D eigenvalue weighted by Gasteiger charge is 2.42. The van der Waals surface area contributed by atoms with Gasteiger partial charge in [-0.15, -0.1) is 0 Å². The van der Waals surface area contributed by atoms with Gasteiger partial charge in [0.05, 0.1) is 10.9 Å². The number of hydrogen-bond donors (Lipinski definition) is 0. The van der Waals surface area contributed by atoms with Crippen LogP contribution < -0.4 is 0 Å². The van der Waals surface area contributed by atoms with Crippen molar-refractivity contribution in [3.05, 3.63) is 102 Å². The predicted octanol–water partition coefficient (Wildman–Crippen LogP) is 4.83. The van der Waals surface area contributed by atoms with Gasteiger partial charge in [-0.2, -0.15) is 0 Å². The van der Waals surface area contributed by atoms with Gasteiger partial charge in [-0.25, -0.2) is 12.7 Å². The van der Waals surface area contributed by atoms with Crippen molar-refractivity contribution in [2.75, 3.05) is 0 Å². The Balaban J connectivity index is 1.77. The number of carbonyl (C=O) groups is 1. The number of piperidine rings is 1. The van der Waals surface area contributed by atoms with Crippen LogP contribution in [0.2, 0.25) is 0 Å². The summed E-state index contributed by atoms with van der Waals surface area (Å²) in [7, 11) is -3.95. The molecule has 0 saturated carbocycles. The lowest BCUT2D eigenvalue weighted by Crippen LogP contribution is -2.44. The largest absolute Gasteiger partial charge is 0.274 e. The number of sulfonamides is 1. The van der Waals surface area contributed by atoms with Gasteiger partial charge in [-0.3, -0.25) is 4.79 Å². The lowest BCUT2D eigenvalue weighted by molar-refractivity contribution is -0.131. The normalized spacial score (nSPS) is 19.9. The fraction of sp³-hybridized carbons (Fsp3) is 0.208. The van der Waals surface area contributed by atoms with Crippen molar-refractivity contribution in [2.24, 2.45) is 0 Å². The Kier molecular flexibility index (Phi) is 5.24. The molecule has 1 saturated heterocycles. The average molecular weight is 406 g/mol. The molecular weight excluding hydrogens is 382 g/mol. The lowest BCUT2D eigenvalue weighted by Gasteiger charge is -2.38. The molecule has 4 nitrogen and oxygen atoms in total. The summed E-state index contributed by atoms with van der Waals surface area (Å²) in [6.07, 6.45) is 0.739. The number of rotatable bonds is 4. The van der Waals surface area contributed by atoms with Crippen LogP contribution in [0.4, 0.5) is 0 Å². The average Bonchev–Trinajstić information content (AvgIpc) is 2.74. The summed E-state index contributed by atoms with van der Waals surface area (Å²) < 4.78 is 28.0. The summed E-state index contributed by atoms with van der Waals surface area (Å²) in [4.78, 5) is 13.3. The molecule has 2 atom stereocenters. The molecule has 0 aromatic heterocycles. The summed E-state index contributed by atoms with van der Waals surface area (Å²) in [5.74, 6) is -0.377. The van der Waals surface area contributed by atoms with E-state index >= 15 is 0 Å². The first kappa shape index (κ1) is 19.4. The van der Waals surface area contributed by atoms with Gasteiger partial charge in [0, 0.05) is 6.42 Å². The van der Waals surface area contributed by atoms with E-state index in [2.05, 4.69) is 0 Å². The Labute approximate surface area is 171 Å². The molecule has 29 heavy (non-hydrogen) atoms. The van der Waals surface area contributed by atoms with Crippen molar-refractivity contribution in [3.8, 4) is 0 Å². The van der Waals surface area contributed by atoms with Crippen LogP contribution in [0, 0.1) is 6.92 Å². The van der Waals surface area contributed by atoms with Gasteiger partial charge in [0.15, 0.2) is 0 Å². The minimum atomic E-state index is -3.95. The standard InChI is InChI=1S/C24H23NO3S/c1-18-12-14-22(15-13-18)29(27,28)25-23(20-10-6-3-7-11-20)16-21(17-24(25)26)19-8-4-2-5-9-19/h2-15,21,23H,16-17H2,1H3/t21-,23+/m1/s1. The topological polar surface area (TPSA) is 54.5 Å². The van der Waals surface area contributed by atoms with E-state index in [1.165, 1.54) is 0 Å². The van der Waals surface area contributed by atoms with E-state index < -0.39 is 16.1 Å². The van der Waals surface area contributed by atoms with Crippen molar-refractivity contribution in [3.63, 3.8) is 0 Å². The van der Waals surface area contributed by atoms with Crippen molar-refractivity contribution >= 4 is 15.9 Å². The summed E-state index contributed by atoms with van der Waals surface area (Å²) in [5, 5.41) is 0. The minimum absolute atomic E-state index is 0.0154. The maximum absolute atomic E-state index is 13.4. The van der Waals surface area contributed by atoms with E-state index in [0.717, 1.165) is 21.0 Å². The fourth-order valence-electron chi connectivity index (χ4n) is 3.97. The number of benzene rings is 3. The molecule has 0 unspecified atom stereocenters. The van der Waals surface area contributed by atoms with Gasteiger partial charge in [0.25, 0.3) is 10.0 Å². The van der Waals surface area contributed by atoms with Gasteiger partial charge in [-0.1, -0.05) is 78.4 Å². The van der Waals surface area contributed by atoms with E-state index in [1.807, 2.05) is 67.6 Å². The van der Waals surface area contributed by atoms with Crippen LogP contribution in [0.1, 0.15) is 41.5 Å². The Morgan fingerprint density at radius 2 is 1.34 bits per heavy atom. The molecule has 3 aromatic rings. The summed E-state index contributed by atoms with van der Waals surface area (Å²) in [6, 6.07) is 25.4. The van der Waals surface area contributed by atoms with Crippen molar-refractivity contribution in [2.45, 2.75) is 36.6 Å². The van der Waals surface area contributed by atoms with E-state index in [-0.39, 0.29) is 23.1 Å². The maximum atomic E-state index is 13.4. The number of amides is 1. The van der Waals surface area contributed by atoms with Crippen molar-refractivity contribution < 1.29 is 13.2 Å². The summed E-state index contributed by atoms with van der Waals surface area (Å²) in [6.45, 7) is 1.90. The Bertz CT molecular complexity index is 1090. The predicted molar refractivity (Wildman–Crippen MR) is 113 cm³/mol. The second-order valence-electron chi connectivity index (χ2n) is 7.48. The quantitative estimate of drug-likeness (QED) is 0.625. The smallest absolute Gasteiger partial charge is 0.267 e. The lowest BCUT2D eigenvalue weighted by atomic mass is 9.84. The first-order valence-electron chi connectivity index (χ1n) is 9.70. The van der Waals surface area contributed by atoms with Gasteiger partial charge in [0.2, 0.25) is 5.91 Å². The Morgan fingerprint density at radius 1 is 0.793 bits per heavy atom. The molecule has 0 bridgehead atoms. The minimum Gasteiger partial charge on any atom is -0.274 e. The third-order valence-corrected chi connectivity index (χ3v) is 7.33. The van der Waals surface area contributed by atoms with Crippen LogP contribution in [0.15, 0.2) is 89.8 Å². The van der Waals surface area contributed by atoms with Gasteiger partial charge < -0.3 is 0 Å². The first-order valence-corrected chi connectivity index (χ1v) is 11.1. The van der Waals surface area contributed by atoms with E-state index in [1.54, 1.807) is 24.3 Å². The number of aryl methyl sites for hydroxylation is 1. The zero-order valence-electron chi connectivity index (χ0n) is 16.2. The van der Waals surface area contributed by atoms with Gasteiger partial charge in [0.1, 0.15) is 0 Å². The van der Waals surface area contributed by atoms with E-state index in [9.17, 15) is 13.2 Å². The third-order valence-electron chi connectivity index (χ3n) is 5.49. The molecule has 1 fully saturated rings. The zero-order valence-corrected chi connectivity index (χ0v) is 17.0. The van der Waals surface area contributed by atoms with Crippen LogP contribution in [-0.2, 0) is 14.8 Å². The second-order valence-corrected chi connectivity index (χ2v) is 9.30. The molecule has 0 spiro atoms. The summed E-state index contributed by atoms with van der Waals surface area (Å²) in [5.41, 5.74) is 2.86. The maximum Gasteiger partial charge on any atom is 0.267 e. The first-order chi connectivity index (χ1) is 14.0. The molecule has 5 heteroatoms. The Morgan fingerprint density at radius 3 is 1.93 bits per heavy atom. The molecule has 0 radical (unpaired) electrons. The molecule has 1 heterocycles. The highest BCUT2D eigenvalue weighted by atomic mass is 32.2. The van der Waals surface area contributed by atoms with Crippen molar-refractivity contribution in [1.82, 2.24) is 4.31 Å². The molecule has 1 aliphatic rings. The van der Waals surface area contributed by atoms with Crippen LogP contribution in [-0.4, -0.2) is 18.6 Å². The summed E-state index contributed by atoms with van der Waals surface area (Å²) >= 11 is 0. The second kappa shape index (κ2) is 7.84. The van der Waals surface area contributed by atoms with Crippen LogP contribution in [0.25, 0.3) is 0 Å². The number of hydrogen-bond acceptors (Lipinski definition) is 3. The molecular formula is C24H23NO3S. The molecule has 0 N–H and O–H groups in total. The van der Waals surface area contributed by atoms with Crippen molar-refractivity contribution in [1.29, 1.82) is 0 Å². The van der Waals surface area contributed by atoms with Crippen LogP contribution in [0.3, 0.4) is 0 Å². The van der Waals surface area contributed by atoms with Gasteiger partial charge in [-0.05, 0) is 42.5 Å². The molecule has 1 aliphatic heterocycles. The third kappa shape index (κ3) is 3.83. The zero-order chi connectivity index (χ0) is 20.4. The van der Waals surface area contributed by atoms with E-state index in [4.69, 9.17) is 0 Å². The van der Waals surface area contributed by atoms with Crippen LogP contribution >= 0.6 is 0 Å². The molecule has 4 rings (SSSR count).